The number of nitrogens with zero attached hydrogens (tertiary/aromatic N) is 4. The average Bonchev–Trinajstić information content (AvgIpc) is 2.63. The first-order chi connectivity index (χ1) is 9.49. The number of halogens is 1. The van der Waals surface area contributed by atoms with Crippen molar-refractivity contribution in [3.63, 3.8) is 0 Å². The lowest BCUT2D eigenvalue weighted by Gasteiger charge is -2.22. The van der Waals surface area contributed by atoms with Gasteiger partial charge in [-0.05, 0) is 12.5 Å². The second-order valence-electron chi connectivity index (χ2n) is 4.58. The Kier molecular flexibility index (Phi) is 4.39. The molecule has 0 atom stereocenters. The summed E-state index contributed by atoms with van der Waals surface area (Å²) in [4.78, 5) is 29.6. The molecular formula is C12H15ClN4O3. The third-order valence-corrected chi connectivity index (χ3v) is 3.47. The van der Waals surface area contributed by atoms with Crippen LogP contribution in [0.1, 0.15) is 13.3 Å². The number of rotatable bonds is 2. The van der Waals surface area contributed by atoms with E-state index in [1.165, 1.54) is 19.1 Å². The van der Waals surface area contributed by atoms with E-state index in [0.717, 1.165) is 6.42 Å². The monoisotopic (exact) mass is 298 g/mol. The third kappa shape index (κ3) is 3.16. The van der Waals surface area contributed by atoms with Crippen LogP contribution in [0.5, 0.6) is 0 Å². The summed E-state index contributed by atoms with van der Waals surface area (Å²) in [6, 6.07) is 2.77. The van der Waals surface area contributed by atoms with E-state index in [2.05, 4.69) is 4.98 Å². The van der Waals surface area contributed by atoms with Crippen LogP contribution in [0.15, 0.2) is 12.1 Å². The van der Waals surface area contributed by atoms with Gasteiger partial charge in [-0.2, -0.15) is 0 Å². The smallest absolute Gasteiger partial charge is 0.311 e. The van der Waals surface area contributed by atoms with E-state index in [9.17, 15) is 14.9 Å². The standard InChI is InChI=1S/C12H15ClN4O3/c1-9(18)15-5-2-6-16(8-7-15)12-10(17(19)20)3-4-11(13)14-12/h3-4H,2,5-8H2,1H3. The van der Waals surface area contributed by atoms with E-state index in [4.69, 9.17) is 11.6 Å². The normalized spacial score (nSPS) is 15.9. The first-order valence-electron chi connectivity index (χ1n) is 6.30. The van der Waals surface area contributed by atoms with Gasteiger partial charge in [0, 0.05) is 39.2 Å². The highest BCUT2D eigenvalue weighted by Gasteiger charge is 2.24. The molecule has 1 amide bonds. The number of pyridine rings is 1. The van der Waals surface area contributed by atoms with E-state index < -0.39 is 4.92 Å². The SMILES string of the molecule is CC(=O)N1CCCN(c2nc(Cl)ccc2[N+](=O)[O-])CC1. The molecule has 0 bridgehead atoms. The summed E-state index contributed by atoms with van der Waals surface area (Å²) < 4.78 is 0. The number of aromatic nitrogens is 1. The molecule has 2 heterocycles. The molecule has 0 saturated carbocycles. The highest BCUT2D eigenvalue weighted by molar-refractivity contribution is 6.29. The first kappa shape index (κ1) is 14.5. The minimum absolute atomic E-state index is 0.0143. The van der Waals surface area contributed by atoms with Gasteiger partial charge < -0.3 is 9.80 Å². The van der Waals surface area contributed by atoms with Crippen LogP contribution in [-0.4, -0.2) is 46.9 Å². The van der Waals surface area contributed by atoms with Gasteiger partial charge in [0.05, 0.1) is 4.92 Å². The molecule has 0 aliphatic carbocycles. The molecule has 0 aromatic carbocycles. The maximum absolute atomic E-state index is 11.4. The van der Waals surface area contributed by atoms with Gasteiger partial charge in [-0.3, -0.25) is 14.9 Å². The van der Waals surface area contributed by atoms with Crippen LogP contribution in [0.25, 0.3) is 0 Å². The van der Waals surface area contributed by atoms with Crippen LogP contribution in [0.4, 0.5) is 11.5 Å². The first-order valence-corrected chi connectivity index (χ1v) is 6.68. The predicted molar refractivity (Wildman–Crippen MR) is 75.0 cm³/mol. The molecule has 20 heavy (non-hydrogen) atoms. The fourth-order valence-electron chi connectivity index (χ4n) is 2.24. The van der Waals surface area contributed by atoms with Crippen LogP contribution in [0.3, 0.4) is 0 Å². The number of hydrogen-bond donors (Lipinski definition) is 0. The number of anilines is 1. The molecule has 0 unspecified atom stereocenters. The highest BCUT2D eigenvalue weighted by Crippen LogP contribution is 2.28. The van der Waals surface area contributed by atoms with Crippen LogP contribution in [-0.2, 0) is 4.79 Å². The van der Waals surface area contributed by atoms with Crippen LogP contribution < -0.4 is 4.90 Å². The summed E-state index contributed by atoms with van der Waals surface area (Å²) in [7, 11) is 0. The Balaban J connectivity index is 2.25. The second-order valence-corrected chi connectivity index (χ2v) is 4.97. The summed E-state index contributed by atoms with van der Waals surface area (Å²) in [6.07, 6.45) is 0.741. The van der Waals surface area contributed by atoms with Gasteiger partial charge in [0.25, 0.3) is 0 Å². The molecule has 1 aromatic rings. The number of hydrogen-bond acceptors (Lipinski definition) is 5. The van der Waals surface area contributed by atoms with Crippen LogP contribution >= 0.6 is 11.6 Å². The molecule has 1 aliphatic rings. The number of carbonyl (C=O) groups is 1. The molecule has 2 rings (SSSR count). The molecule has 0 spiro atoms. The van der Waals surface area contributed by atoms with Crippen molar-refractivity contribution in [2.24, 2.45) is 0 Å². The Hall–Kier alpha value is -1.89. The van der Waals surface area contributed by atoms with E-state index in [0.29, 0.717) is 26.2 Å². The summed E-state index contributed by atoms with van der Waals surface area (Å²) in [5, 5.41) is 11.3. The quantitative estimate of drug-likeness (QED) is 0.472. The van der Waals surface area contributed by atoms with Crippen molar-refractivity contribution >= 4 is 29.0 Å². The molecule has 7 nitrogen and oxygen atoms in total. The Bertz CT molecular complexity index is 537. The van der Waals surface area contributed by atoms with Crippen molar-refractivity contribution in [2.75, 3.05) is 31.1 Å². The third-order valence-electron chi connectivity index (χ3n) is 3.26. The van der Waals surface area contributed by atoms with Crippen LogP contribution in [0, 0.1) is 10.1 Å². The predicted octanol–water partition coefficient (Wildman–Crippen LogP) is 1.70. The van der Waals surface area contributed by atoms with E-state index >= 15 is 0 Å². The van der Waals surface area contributed by atoms with Crippen molar-refractivity contribution in [3.8, 4) is 0 Å². The molecule has 1 saturated heterocycles. The van der Waals surface area contributed by atoms with Crippen LogP contribution in [0.2, 0.25) is 5.15 Å². The van der Waals surface area contributed by atoms with Gasteiger partial charge >= 0.3 is 5.69 Å². The van der Waals surface area contributed by atoms with Crippen molar-refractivity contribution in [2.45, 2.75) is 13.3 Å². The Labute approximate surface area is 121 Å². The Morgan fingerprint density at radius 2 is 2.10 bits per heavy atom. The molecule has 1 aliphatic heterocycles. The summed E-state index contributed by atoms with van der Waals surface area (Å²) in [5.41, 5.74) is -0.0642. The summed E-state index contributed by atoms with van der Waals surface area (Å²) >= 11 is 5.84. The summed E-state index contributed by atoms with van der Waals surface area (Å²) in [6.45, 7) is 3.82. The molecule has 0 N–H and O–H groups in total. The lowest BCUT2D eigenvalue weighted by molar-refractivity contribution is -0.384. The van der Waals surface area contributed by atoms with Gasteiger partial charge in [-0.15, -0.1) is 0 Å². The van der Waals surface area contributed by atoms with Gasteiger partial charge in [-0.25, -0.2) is 4.98 Å². The largest absolute Gasteiger partial charge is 0.349 e. The maximum atomic E-state index is 11.4. The summed E-state index contributed by atoms with van der Waals surface area (Å²) in [5.74, 6) is 0.285. The van der Waals surface area contributed by atoms with Gasteiger partial charge in [0.2, 0.25) is 11.7 Å². The van der Waals surface area contributed by atoms with E-state index in [-0.39, 0.29) is 22.6 Å². The zero-order valence-corrected chi connectivity index (χ0v) is 11.8. The molecule has 1 aromatic heterocycles. The zero-order chi connectivity index (χ0) is 14.7. The lowest BCUT2D eigenvalue weighted by atomic mass is 10.3. The molecular weight excluding hydrogens is 284 g/mol. The molecule has 108 valence electrons. The Morgan fingerprint density at radius 1 is 1.35 bits per heavy atom. The number of carbonyl (C=O) groups excluding carboxylic acids is 1. The van der Waals surface area contributed by atoms with Gasteiger partial charge in [-0.1, -0.05) is 11.6 Å². The molecule has 1 fully saturated rings. The average molecular weight is 299 g/mol. The maximum Gasteiger partial charge on any atom is 0.311 e. The van der Waals surface area contributed by atoms with Gasteiger partial charge in [0.15, 0.2) is 0 Å². The van der Waals surface area contributed by atoms with Crippen molar-refractivity contribution in [1.82, 2.24) is 9.88 Å². The van der Waals surface area contributed by atoms with Crippen molar-refractivity contribution in [1.29, 1.82) is 0 Å². The minimum atomic E-state index is -0.466. The topological polar surface area (TPSA) is 79.6 Å². The molecule has 0 radical (unpaired) electrons. The number of nitro groups is 1. The van der Waals surface area contributed by atoms with Crippen molar-refractivity contribution < 1.29 is 9.72 Å². The van der Waals surface area contributed by atoms with E-state index in [1.54, 1.807) is 4.90 Å². The Morgan fingerprint density at radius 3 is 2.75 bits per heavy atom. The minimum Gasteiger partial charge on any atom is -0.349 e. The second kappa shape index (κ2) is 6.04. The van der Waals surface area contributed by atoms with Crippen molar-refractivity contribution in [3.05, 3.63) is 27.4 Å². The number of amides is 1. The fraction of sp³-hybridized carbons (Fsp3) is 0.500. The van der Waals surface area contributed by atoms with Gasteiger partial charge in [0.1, 0.15) is 5.15 Å². The van der Waals surface area contributed by atoms with E-state index in [1.807, 2.05) is 4.90 Å². The fourth-order valence-corrected chi connectivity index (χ4v) is 2.38. The lowest BCUT2D eigenvalue weighted by Crippen LogP contribution is -2.34. The zero-order valence-electron chi connectivity index (χ0n) is 11.1. The molecule has 8 heteroatoms. The highest BCUT2D eigenvalue weighted by atomic mass is 35.5.